The van der Waals surface area contributed by atoms with E-state index in [1.54, 1.807) is 18.2 Å². The summed E-state index contributed by atoms with van der Waals surface area (Å²) in [6.45, 7) is 0. The van der Waals surface area contributed by atoms with Gasteiger partial charge >= 0.3 is 7.12 Å². The van der Waals surface area contributed by atoms with Gasteiger partial charge in [-0.25, -0.2) is 0 Å². The van der Waals surface area contributed by atoms with E-state index in [1.165, 1.54) is 13.2 Å². The molecule has 0 fully saturated rings. The van der Waals surface area contributed by atoms with Crippen molar-refractivity contribution in [1.82, 2.24) is 4.98 Å². The van der Waals surface area contributed by atoms with Crippen molar-refractivity contribution in [2.45, 2.75) is 0 Å². The maximum atomic E-state index is 11.1. The number of benzene rings is 1. The number of rotatable bonds is 2. The SMILES string of the molecule is COc1cc2[nH]c(=O)ccc2cc1B(O)O. The van der Waals surface area contributed by atoms with E-state index in [-0.39, 0.29) is 11.0 Å². The van der Waals surface area contributed by atoms with Crippen molar-refractivity contribution in [1.29, 1.82) is 0 Å². The summed E-state index contributed by atoms with van der Waals surface area (Å²) in [4.78, 5) is 13.7. The van der Waals surface area contributed by atoms with Crippen molar-refractivity contribution in [2.75, 3.05) is 7.11 Å². The summed E-state index contributed by atoms with van der Waals surface area (Å²) in [6.07, 6.45) is 0. The van der Waals surface area contributed by atoms with Gasteiger partial charge in [0.25, 0.3) is 0 Å². The van der Waals surface area contributed by atoms with E-state index >= 15 is 0 Å². The van der Waals surface area contributed by atoms with Crippen LogP contribution < -0.4 is 15.8 Å². The fraction of sp³-hybridized carbons (Fsp3) is 0.100. The molecule has 0 unspecified atom stereocenters. The third-order valence-corrected chi connectivity index (χ3v) is 2.35. The fourth-order valence-corrected chi connectivity index (χ4v) is 1.58. The molecular formula is C10H10BNO4. The summed E-state index contributed by atoms with van der Waals surface area (Å²) >= 11 is 0. The number of aromatic amines is 1. The smallest absolute Gasteiger partial charge is 0.492 e. The lowest BCUT2D eigenvalue weighted by atomic mass is 9.79. The molecule has 2 rings (SSSR count). The Morgan fingerprint density at radius 2 is 2.06 bits per heavy atom. The Morgan fingerprint density at radius 3 is 2.69 bits per heavy atom. The average Bonchev–Trinajstić information content (AvgIpc) is 2.26. The first-order chi connectivity index (χ1) is 7.61. The third-order valence-electron chi connectivity index (χ3n) is 2.35. The summed E-state index contributed by atoms with van der Waals surface area (Å²) in [6, 6.07) is 6.11. The number of methoxy groups -OCH3 is 1. The minimum Gasteiger partial charge on any atom is -0.497 e. The van der Waals surface area contributed by atoms with Gasteiger partial charge in [-0.15, -0.1) is 0 Å². The van der Waals surface area contributed by atoms with Crippen LogP contribution in [-0.4, -0.2) is 29.3 Å². The molecule has 2 aromatic rings. The molecule has 0 spiro atoms. The largest absolute Gasteiger partial charge is 0.497 e. The van der Waals surface area contributed by atoms with Crippen LogP contribution in [0.25, 0.3) is 10.9 Å². The highest BCUT2D eigenvalue weighted by Crippen LogP contribution is 2.15. The Labute approximate surface area is 91.5 Å². The van der Waals surface area contributed by atoms with Gasteiger partial charge in [-0.1, -0.05) is 0 Å². The zero-order valence-corrected chi connectivity index (χ0v) is 8.60. The van der Waals surface area contributed by atoms with E-state index in [9.17, 15) is 4.79 Å². The molecule has 6 heteroatoms. The predicted octanol–water partition coefficient (Wildman–Crippen LogP) is -0.784. The predicted molar refractivity (Wildman–Crippen MR) is 60.9 cm³/mol. The quantitative estimate of drug-likeness (QED) is 0.578. The molecule has 82 valence electrons. The minimum atomic E-state index is -1.61. The standard InChI is InChI=1S/C10H10BNO4/c1-16-9-5-8-6(2-3-10(13)12-8)4-7(9)11(14)15/h2-5,14-15H,1H3,(H,12,13). The molecule has 5 nitrogen and oxygen atoms in total. The van der Waals surface area contributed by atoms with Crippen LogP contribution in [0, 0.1) is 0 Å². The van der Waals surface area contributed by atoms with Gasteiger partial charge in [0.2, 0.25) is 5.56 Å². The molecule has 1 aromatic carbocycles. The first kappa shape index (κ1) is 10.7. The monoisotopic (exact) mass is 219 g/mol. The molecule has 1 heterocycles. The molecule has 0 saturated carbocycles. The summed E-state index contributed by atoms with van der Waals surface area (Å²) in [5.41, 5.74) is 0.641. The second kappa shape index (κ2) is 4.00. The van der Waals surface area contributed by atoms with Gasteiger partial charge in [0, 0.05) is 17.6 Å². The molecule has 0 amide bonds. The van der Waals surface area contributed by atoms with Crippen molar-refractivity contribution in [3.63, 3.8) is 0 Å². The second-order valence-corrected chi connectivity index (χ2v) is 3.38. The van der Waals surface area contributed by atoms with Crippen molar-refractivity contribution in [3.05, 3.63) is 34.6 Å². The Bertz CT molecular complexity index is 579. The summed E-state index contributed by atoms with van der Waals surface area (Å²) in [5, 5.41) is 19.0. The van der Waals surface area contributed by atoms with E-state index in [0.717, 1.165) is 0 Å². The topological polar surface area (TPSA) is 82.6 Å². The van der Waals surface area contributed by atoms with Crippen molar-refractivity contribution in [2.24, 2.45) is 0 Å². The van der Waals surface area contributed by atoms with Gasteiger partial charge in [0.1, 0.15) is 5.75 Å². The highest BCUT2D eigenvalue weighted by atomic mass is 16.5. The van der Waals surface area contributed by atoms with Gasteiger partial charge < -0.3 is 19.8 Å². The van der Waals surface area contributed by atoms with Gasteiger partial charge in [0.05, 0.1) is 12.6 Å². The molecular weight excluding hydrogens is 209 g/mol. The highest BCUT2D eigenvalue weighted by molar-refractivity contribution is 6.60. The summed E-state index contributed by atoms with van der Waals surface area (Å²) < 4.78 is 5.01. The summed E-state index contributed by atoms with van der Waals surface area (Å²) in [5.74, 6) is 0.323. The zero-order valence-electron chi connectivity index (χ0n) is 8.60. The van der Waals surface area contributed by atoms with Crippen LogP contribution in [0.3, 0.4) is 0 Å². The zero-order chi connectivity index (χ0) is 11.7. The van der Waals surface area contributed by atoms with Gasteiger partial charge in [-0.05, 0) is 17.5 Å². The van der Waals surface area contributed by atoms with E-state index in [1.807, 2.05) is 0 Å². The molecule has 0 aliphatic carbocycles. The number of H-pyrrole nitrogens is 1. The number of hydrogen-bond donors (Lipinski definition) is 3. The lowest BCUT2D eigenvalue weighted by Crippen LogP contribution is -2.31. The fourth-order valence-electron chi connectivity index (χ4n) is 1.58. The lowest BCUT2D eigenvalue weighted by molar-refractivity contribution is 0.403. The summed E-state index contributed by atoms with van der Waals surface area (Å²) in [7, 11) is -0.181. The number of aromatic nitrogens is 1. The number of pyridine rings is 1. The number of nitrogens with one attached hydrogen (secondary N) is 1. The van der Waals surface area contributed by atoms with E-state index in [2.05, 4.69) is 4.98 Å². The molecule has 0 radical (unpaired) electrons. The maximum absolute atomic E-state index is 11.1. The first-order valence-corrected chi connectivity index (χ1v) is 4.69. The van der Waals surface area contributed by atoms with Crippen molar-refractivity contribution >= 4 is 23.5 Å². The Kier molecular flexibility index (Phi) is 2.68. The van der Waals surface area contributed by atoms with Crippen LogP contribution in [0.5, 0.6) is 5.75 Å². The third kappa shape index (κ3) is 1.80. The molecule has 3 N–H and O–H groups in total. The first-order valence-electron chi connectivity index (χ1n) is 4.69. The minimum absolute atomic E-state index is 0.216. The van der Waals surface area contributed by atoms with E-state index in [0.29, 0.717) is 16.7 Å². The van der Waals surface area contributed by atoms with Crippen LogP contribution in [0.1, 0.15) is 0 Å². The van der Waals surface area contributed by atoms with Crippen LogP contribution in [0.4, 0.5) is 0 Å². The maximum Gasteiger partial charge on any atom is 0.492 e. The van der Waals surface area contributed by atoms with Crippen molar-refractivity contribution < 1.29 is 14.8 Å². The molecule has 0 aliphatic rings. The molecule has 0 atom stereocenters. The molecule has 0 bridgehead atoms. The Balaban J connectivity index is 2.75. The molecule has 16 heavy (non-hydrogen) atoms. The van der Waals surface area contributed by atoms with E-state index < -0.39 is 7.12 Å². The molecule has 0 saturated heterocycles. The van der Waals surface area contributed by atoms with Crippen LogP contribution >= 0.6 is 0 Å². The Morgan fingerprint density at radius 1 is 1.31 bits per heavy atom. The van der Waals surface area contributed by atoms with E-state index in [4.69, 9.17) is 14.8 Å². The van der Waals surface area contributed by atoms with Crippen LogP contribution in [0.2, 0.25) is 0 Å². The average molecular weight is 219 g/mol. The number of ether oxygens (including phenoxy) is 1. The van der Waals surface area contributed by atoms with Crippen molar-refractivity contribution in [3.8, 4) is 5.75 Å². The number of fused-ring (bicyclic) bond motifs is 1. The normalized spacial score (nSPS) is 10.4. The number of hydrogen-bond acceptors (Lipinski definition) is 4. The Hall–Kier alpha value is -1.79. The van der Waals surface area contributed by atoms with Gasteiger partial charge in [-0.3, -0.25) is 4.79 Å². The molecule has 0 aliphatic heterocycles. The lowest BCUT2D eigenvalue weighted by Gasteiger charge is -2.09. The van der Waals surface area contributed by atoms with Gasteiger partial charge in [-0.2, -0.15) is 0 Å². The second-order valence-electron chi connectivity index (χ2n) is 3.38. The molecule has 1 aromatic heterocycles. The van der Waals surface area contributed by atoms with Crippen LogP contribution in [-0.2, 0) is 0 Å². The highest BCUT2D eigenvalue weighted by Gasteiger charge is 2.17. The van der Waals surface area contributed by atoms with Gasteiger partial charge in [0.15, 0.2) is 0 Å². The van der Waals surface area contributed by atoms with Crippen LogP contribution in [0.15, 0.2) is 29.1 Å².